The molecule has 2 aromatic carbocycles. The van der Waals surface area contributed by atoms with E-state index in [0.717, 1.165) is 35.5 Å². The zero-order valence-electron chi connectivity index (χ0n) is 18.2. The van der Waals surface area contributed by atoms with Crippen molar-refractivity contribution >= 4 is 22.6 Å². The second-order valence-electron chi connectivity index (χ2n) is 8.31. The highest BCUT2D eigenvalue weighted by Crippen LogP contribution is 2.21. The molecule has 3 heterocycles. The molecule has 0 aliphatic carbocycles. The maximum absolute atomic E-state index is 12.7. The van der Waals surface area contributed by atoms with E-state index in [1.165, 1.54) is 19.3 Å². The number of nitrogens with zero attached hydrogens (tertiary/aromatic N) is 2. The number of likely N-dealkylation sites (tertiary alicyclic amines) is 1. The van der Waals surface area contributed by atoms with Gasteiger partial charge in [0.2, 0.25) is 0 Å². The number of benzene rings is 2. The van der Waals surface area contributed by atoms with Crippen LogP contribution in [-0.2, 0) is 6.54 Å². The number of piperidine rings is 1. The van der Waals surface area contributed by atoms with Crippen molar-refractivity contribution in [2.45, 2.75) is 25.8 Å². The van der Waals surface area contributed by atoms with Gasteiger partial charge >= 0.3 is 0 Å². The summed E-state index contributed by atoms with van der Waals surface area (Å²) in [5.41, 5.74) is 4.04. The zero-order chi connectivity index (χ0) is 22.6. The first-order chi connectivity index (χ1) is 16.1. The highest BCUT2D eigenvalue weighted by atomic mass is 35.5. The Balaban J connectivity index is 1.34. The minimum atomic E-state index is -0.0302. The summed E-state index contributed by atoms with van der Waals surface area (Å²) in [5.74, 6) is 6.91. The summed E-state index contributed by atoms with van der Waals surface area (Å²) in [7, 11) is 0. The largest absolute Gasteiger partial charge is 0.459 e. The van der Waals surface area contributed by atoms with Crippen molar-refractivity contribution in [1.82, 2.24) is 9.88 Å². The molecule has 0 spiro atoms. The van der Waals surface area contributed by atoms with Crippen molar-refractivity contribution in [3.63, 3.8) is 0 Å². The van der Waals surface area contributed by atoms with Crippen molar-refractivity contribution in [2.75, 3.05) is 13.1 Å². The molecule has 4 aromatic rings. The Morgan fingerprint density at radius 2 is 1.70 bits per heavy atom. The van der Waals surface area contributed by atoms with Crippen molar-refractivity contribution in [3.8, 4) is 23.0 Å². The monoisotopic (exact) mass is 454 g/mol. The van der Waals surface area contributed by atoms with Gasteiger partial charge in [-0.3, -0.25) is 9.69 Å². The molecular weight excluding hydrogens is 432 g/mol. The van der Waals surface area contributed by atoms with Gasteiger partial charge in [-0.05, 0) is 73.8 Å². The fourth-order valence-electron chi connectivity index (χ4n) is 4.12. The van der Waals surface area contributed by atoms with Gasteiger partial charge in [0.1, 0.15) is 17.0 Å². The fraction of sp³-hybridized carbons (Fsp3) is 0.214. The quantitative estimate of drug-likeness (QED) is 0.362. The molecule has 2 aromatic heterocycles. The zero-order valence-corrected chi connectivity index (χ0v) is 18.9. The number of aromatic nitrogens is 1. The Bertz CT molecular complexity index is 1390. The van der Waals surface area contributed by atoms with Crippen LogP contribution >= 0.6 is 11.6 Å². The first-order valence-corrected chi connectivity index (χ1v) is 11.5. The number of fused-ring (bicyclic) bond motifs is 1. The third-order valence-corrected chi connectivity index (χ3v) is 6.13. The standard InChI is InChI=1S/C28H23ClN2O2/c29-23-9-6-21(7-10-23)22-8-12-24(30-18-22)11-4-20-5-13-28-26(16-20)27(32)17-25(33-28)19-31-14-2-1-3-15-31/h5-10,12-13,16-18H,1-3,14-15,19H2. The average molecular weight is 455 g/mol. The SMILES string of the molecule is O=c1cc(CN2CCCCC2)oc2ccc(C#Cc3ccc(-c4ccc(Cl)cc4)cn3)cc12. The summed E-state index contributed by atoms with van der Waals surface area (Å²) >= 11 is 5.96. The molecule has 0 unspecified atom stereocenters. The molecule has 1 fully saturated rings. The Morgan fingerprint density at radius 3 is 2.45 bits per heavy atom. The van der Waals surface area contributed by atoms with Crippen molar-refractivity contribution in [1.29, 1.82) is 0 Å². The minimum Gasteiger partial charge on any atom is -0.459 e. The molecule has 5 rings (SSSR count). The highest BCUT2D eigenvalue weighted by Gasteiger charge is 2.13. The molecule has 0 amide bonds. The Hall–Kier alpha value is -3.39. The van der Waals surface area contributed by atoms with Gasteiger partial charge in [0.05, 0.1) is 11.9 Å². The van der Waals surface area contributed by atoms with Gasteiger partial charge < -0.3 is 4.42 Å². The molecule has 0 saturated carbocycles. The molecule has 0 bridgehead atoms. The van der Waals surface area contributed by atoms with Crippen molar-refractivity contribution in [3.05, 3.63) is 99.1 Å². The molecule has 0 N–H and O–H groups in total. The van der Waals surface area contributed by atoms with Gasteiger partial charge in [-0.2, -0.15) is 0 Å². The summed E-state index contributed by atoms with van der Waals surface area (Å²) in [5, 5.41) is 1.26. The maximum atomic E-state index is 12.7. The summed E-state index contributed by atoms with van der Waals surface area (Å²) in [4.78, 5) is 19.5. The molecule has 5 heteroatoms. The summed E-state index contributed by atoms with van der Waals surface area (Å²) in [6.07, 6.45) is 5.49. The van der Waals surface area contributed by atoms with Crippen LogP contribution in [0.1, 0.15) is 36.3 Å². The molecule has 164 valence electrons. The Morgan fingerprint density at radius 1 is 0.909 bits per heavy atom. The van der Waals surface area contributed by atoms with Crippen LogP contribution in [0.25, 0.3) is 22.1 Å². The lowest BCUT2D eigenvalue weighted by Crippen LogP contribution is -2.29. The third kappa shape index (κ3) is 5.17. The predicted molar refractivity (Wildman–Crippen MR) is 132 cm³/mol. The predicted octanol–water partition coefficient (Wildman–Crippen LogP) is 5.89. The first kappa shape index (κ1) is 21.5. The van der Waals surface area contributed by atoms with Gasteiger partial charge in [0, 0.05) is 28.4 Å². The molecule has 0 radical (unpaired) electrons. The van der Waals surface area contributed by atoms with Gasteiger partial charge in [0.15, 0.2) is 5.43 Å². The lowest BCUT2D eigenvalue weighted by Gasteiger charge is -2.25. The molecule has 33 heavy (non-hydrogen) atoms. The Labute approximate surface area is 197 Å². The molecular formula is C28H23ClN2O2. The van der Waals surface area contributed by atoms with Crippen LogP contribution in [0.3, 0.4) is 0 Å². The molecule has 0 atom stereocenters. The molecule has 4 nitrogen and oxygen atoms in total. The van der Waals surface area contributed by atoms with E-state index in [4.69, 9.17) is 16.0 Å². The van der Waals surface area contributed by atoms with Gasteiger partial charge in [-0.25, -0.2) is 4.98 Å². The smallest absolute Gasteiger partial charge is 0.193 e. The second-order valence-corrected chi connectivity index (χ2v) is 8.75. The lowest BCUT2D eigenvalue weighted by molar-refractivity contribution is 0.206. The molecule has 1 aliphatic rings. The fourth-order valence-corrected chi connectivity index (χ4v) is 4.24. The summed E-state index contributed by atoms with van der Waals surface area (Å²) in [6.45, 7) is 2.81. The van der Waals surface area contributed by atoms with Crippen LogP contribution in [0, 0.1) is 11.8 Å². The number of rotatable bonds is 3. The third-order valence-electron chi connectivity index (χ3n) is 5.88. The summed E-state index contributed by atoms with van der Waals surface area (Å²) in [6, 6.07) is 18.6. The van der Waals surface area contributed by atoms with Crippen LogP contribution in [0.5, 0.6) is 0 Å². The topological polar surface area (TPSA) is 46.3 Å². The highest BCUT2D eigenvalue weighted by molar-refractivity contribution is 6.30. The van der Waals surface area contributed by atoms with E-state index in [1.807, 2.05) is 48.5 Å². The summed E-state index contributed by atoms with van der Waals surface area (Å²) < 4.78 is 6.02. The van der Waals surface area contributed by atoms with Gasteiger partial charge in [-0.15, -0.1) is 0 Å². The van der Waals surface area contributed by atoms with Crippen LogP contribution in [-0.4, -0.2) is 23.0 Å². The van der Waals surface area contributed by atoms with Crippen molar-refractivity contribution in [2.24, 2.45) is 0 Å². The Kier molecular flexibility index (Phi) is 6.26. The first-order valence-electron chi connectivity index (χ1n) is 11.2. The van der Waals surface area contributed by atoms with Gasteiger partial charge in [-0.1, -0.05) is 42.1 Å². The number of hydrogen-bond donors (Lipinski definition) is 0. The minimum absolute atomic E-state index is 0.0302. The number of halogens is 1. The van der Waals surface area contributed by atoms with E-state index < -0.39 is 0 Å². The average Bonchev–Trinajstić information content (AvgIpc) is 2.84. The van der Waals surface area contributed by atoms with Crippen LogP contribution < -0.4 is 5.43 Å². The molecule has 1 aliphatic heterocycles. The van der Waals surface area contributed by atoms with Crippen LogP contribution in [0.2, 0.25) is 5.02 Å². The molecule has 1 saturated heterocycles. The number of hydrogen-bond acceptors (Lipinski definition) is 4. The van der Waals surface area contributed by atoms with E-state index in [0.29, 0.717) is 28.2 Å². The van der Waals surface area contributed by atoms with Crippen molar-refractivity contribution < 1.29 is 4.42 Å². The maximum Gasteiger partial charge on any atom is 0.193 e. The van der Waals surface area contributed by atoms with E-state index >= 15 is 0 Å². The van der Waals surface area contributed by atoms with Crippen LogP contribution in [0.4, 0.5) is 0 Å². The van der Waals surface area contributed by atoms with E-state index in [-0.39, 0.29) is 5.43 Å². The lowest BCUT2D eigenvalue weighted by atomic mass is 10.1. The normalized spacial score (nSPS) is 14.1. The number of pyridine rings is 1. The van der Waals surface area contributed by atoms with Crippen LogP contribution in [0.15, 0.2) is 76.1 Å². The van der Waals surface area contributed by atoms with Gasteiger partial charge in [0.25, 0.3) is 0 Å². The van der Waals surface area contributed by atoms with E-state index in [2.05, 4.69) is 21.7 Å². The van der Waals surface area contributed by atoms with E-state index in [1.54, 1.807) is 18.3 Å². The second kappa shape index (κ2) is 9.62. The van der Waals surface area contributed by atoms with E-state index in [9.17, 15) is 4.79 Å².